The molecule has 1 fully saturated rings. The van der Waals surface area contributed by atoms with E-state index in [1.165, 1.54) is 38.5 Å². The Hall–Kier alpha value is -1.15. The molecule has 1 aromatic carbocycles. The van der Waals surface area contributed by atoms with Crippen LogP contribution in [-0.2, 0) is 4.74 Å². The van der Waals surface area contributed by atoms with Crippen LogP contribution >= 0.6 is 0 Å². The van der Waals surface area contributed by atoms with Gasteiger partial charge in [0.2, 0.25) is 0 Å². The van der Waals surface area contributed by atoms with Crippen molar-refractivity contribution in [1.29, 1.82) is 0 Å². The van der Waals surface area contributed by atoms with Crippen molar-refractivity contribution in [3.05, 3.63) is 35.9 Å². The fourth-order valence-electron chi connectivity index (χ4n) is 2.49. The van der Waals surface area contributed by atoms with Crippen molar-refractivity contribution >= 4 is 5.78 Å². The summed E-state index contributed by atoms with van der Waals surface area (Å²) in [5.41, 5.74) is 0.776. The van der Waals surface area contributed by atoms with Crippen molar-refractivity contribution in [2.24, 2.45) is 0 Å². The summed E-state index contributed by atoms with van der Waals surface area (Å²) < 4.78 is 5.51. The van der Waals surface area contributed by atoms with E-state index in [-0.39, 0.29) is 18.0 Å². The first kappa shape index (κ1) is 14.3. The largest absolute Gasteiger partial charge is 0.361 e. The number of unbranched alkanes of at least 4 members (excludes halogenated alkanes) is 5. The van der Waals surface area contributed by atoms with Crippen LogP contribution in [0.15, 0.2) is 30.3 Å². The Labute approximate surface area is 116 Å². The molecule has 0 unspecified atom stereocenters. The number of carbonyl (C=O) groups is 1. The number of carbonyl (C=O) groups excluding carboxylic acids is 1. The molecule has 1 aliphatic heterocycles. The van der Waals surface area contributed by atoms with Crippen LogP contribution < -0.4 is 0 Å². The van der Waals surface area contributed by atoms with Gasteiger partial charge in [0.05, 0.1) is 6.10 Å². The van der Waals surface area contributed by atoms with E-state index in [9.17, 15) is 4.79 Å². The standard InChI is InChI=1S/C17H24O2/c1-2-3-4-5-6-10-13-15-17(19-15)16(18)14-11-8-7-9-12-14/h7-9,11-12,15,17H,2-6,10,13H2,1H3/t15-,17+/m1/s1. The van der Waals surface area contributed by atoms with Crippen LogP contribution in [0, 0.1) is 0 Å². The van der Waals surface area contributed by atoms with E-state index in [1.54, 1.807) is 0 Å². The lowest BCUT2D eigenvalue weighted by Crippen LogP contribution is -2.10. The van der Waals surface area contributed by atoms with Crippen molar-refractivity contribution in [1.82, 2.24) is 0 Å². The summed E-state index contributed by atoms with van der Waals surface area (Å²) in [5.74, 6) is 0.150. The molecule has 0 saturated carbocycles. The van der Waals surface area contributed by atoms with Gasteiger partial charge in [-0.1, -0.05) is 75.8 Å². The normalized spacial score (nSPS) is 21.3. The van der Waals surface area contributed by atoms with Gasteiger partial charge in [0.1, 0.15) is 6.10 Å². The van der Waals surface area contributed by atoms with Gasteiger partial charge >= 0.3 is 0 Å². The molecule has 2 rings (SSSR count). The highest BCUT2D eigenvalue weighted by atomic mass is 16.6. The third kappa shape index (κ3) is 4.46. The summed E-state index contributed by atoms with van der Waals surface area (Å²) in [6.45, 7) is 2.23. The summed E-state index contributed by atoms with van der Waals surface area (Å²) in [7, 11) is 0. The molecule has 1 aliphatic rings. The monoisotopic (exact) mass is 260 g/mol. The second-order valence-electron chi connectivity index (χ2n) is 5.38. The maximum Gasteiger partial charge on any atom is 0.194 e. The lowest BCUT2D eigenvalue weighted by atomic mass is 10.0. The van der Waals surface area contributed by atoms with Crippen LogP contribution in [0.3, 0.4) is 0 Å². The molecule has 0 radical (unpaired) electrons. The van der Waals surface area contributed by atoms with Crippen LogP contribution in [0.25, 0.3) is 0 Å². The third-order valence-corrected chi connectivity index (χ3v) is 3.74. The van der Waals surface area contributed by atoms with E-state index in [1.807, 2.05) is 30.3 Å². The van der Waals surface area contributed by atoms with E-state index in [4.69, 9.17) is 4.74 Å². The SMILES string of the molecule is CCCCCCCC[C@H]1O[C@@H]1C(=O)c1ccccc1. The Kier molecular flexibility index (Phi) is 5.59. The zero-order valence-corrected chi connectivity index (χ0v) is 11.8. The molecular formula is C17H24O2. The minimum atomic E-state index is -0.168. The van der Waals surface area contributed by atoms with Crippen molar-refractivity contribution in [2.75, 3.05) is 0 Å². The third-order valence-electron chi connectivity index (χ3n) is 3.74. The molecule has 0 aliphatic carbocycles. The molecule has 0 amide bonds. The average Bonchev–Trinajstić information content (AvgIpc) is 3.22. The predicted molar refractivity (Wildman–Crippen MR) is 77.4 cm³/mol. The first-order chi connectivity index (χ1) is 9.33. The maximum atomic E-state index is 12.1. The van der Waals surface area contributed by atoms with Crippen molar-refractivity contribution in [3.8, 4) is 0 Å². The van der Waals surface area contributed by atoms with E-state index < -0.39 is 0 Å². The van der Waals surface area contributed by atoms with Gasteiger partial charge in [-0.05, 0) is 6.42 Å². The Bertz CT molecular complexity index is 386. The van der Waals surface area contributed by atoms with E-state index in [0.29, 0.717) is 0 Å². The minimum Gasteiger partial charge on any atom is -0.361 e. The fourth-order valence-corrected chi connectivity index (χ4v) is 2.49. The number of ether oxygens (including phenoxy) is 1. The summed E-state index contributed by atoms with van der Waals surface area (Å²) >= 11 is 0. The number of ketones is 1. The lowest BCUT2D eigenvalue weighted by Gasteiger charge is -1.99. The lowest BCUT2D eigenvalue weighted by molar-refractivity contribution is 0.0953. The molecule has 2 heteroatoms. The Balaban J connectivity index is 1.61. The molecule has 1 aromatic rings. The quantitative estimate of drug-likeness (QED) is 0.374. The highest BCUT2D eigenvalue weighted by Crippen LogP contribution is 2.30. The molecule has 0 aromatic heterocycles. The fraction of sp³-hybridized carbons (Fsp3) is 0.588. The predicted octanol–water partition coefficient (Wildman–Crippen LogP) is 4.39. The molecule has 1 saturated heterocycles. The second-order valence-corrected chi connectivity index (χ2v) is 5.38. The zero-order valence-electron chi connectivity index (χ0n) is 11.8. The van der Waals surface area contributed by atoms with E-state index in [0.717, 1.165) is 12.0 Å². The van der Waals surface area contributed by atoms with Gasteiger partial charge in [-0.3, -0.25) is 4.79 Å². The molecule has 1 heterocycles. The minimum absolute atomic E-state index is 0.150. The van der Waals surface area contributed by atoms with Gasteiger partial charge in [0.15, 0.2) is 5.78 Å². The van der Waals surface area contributed by atoms with E-state index >= 15 is 0 Å². The number of rotatable bonds is 9. The highest BCUT2D eigenvalue weighted by Gasteiger charge is 2.44. The summed E-state index contributed by atoms with van der Waals surface area (Å²) in [6.07, 6.45) is 8.80. The maximum absolute atomic E-state index is 12.1. The number of benzene rings is 1. The van der Waals surface area contributed by atoms with Crippen molar-refractivity contribution in [3.63, 3.8) is 0 Å². The molecule has 0 spiro atoms. The van der Waals surface area contributed by atoms with Gasteiger partial charge in [0.25, 0.3) is 0 Å². The van der Waals surface area contributed by atoms with Crippen LogP contribution in [0.2, 0.25) is 0 Å². The van der Waals surface area contributed by atoms with E-state index in [2.05, 4.69) is 6.92 Å². The molecule has 2 nitrogen and oxygen atoms in total. The number of Topliss-reactive ketones (excluding diaryl/α,β-unsaturated/α-hetero) is 1. The summed E-state index contributed by atoms with van der Waals surface area (Å²) in [6, 6.07) is 9.46. The average molecular weight is 260 g/mol. The smallest absolute Gasteiger partial charge is 0.194 e. The van der Waals surface area contributed by atoms with Crippen molar-refractivity contribution < 1.29 is 9.53 Å². The summed E-state index contributed by atoms with van der Waals surface area (Å²) in [4.78, 5) is 12.1. The molecule has 0 bridgehead atoms. The first-order valence-electron chi connectivity index (χ1n) is 7.57. The van der Waals surface area contributed by atoms with Gasteiger partial charge in [-0.2, -0.15) is 0 Å². The number of hydrogen-bond acceptors (Lipinski definition) is 2. The Morgan fingerprint density at radius 2 is 1.74 bits per heavy atom. The van der Waals surface area contributed by atoms with Gasteiger partial charge < -0.3 is 4.74 Å². The molecule has 19 heavy (non-hydrogen) atoms. The van der Waals surface area contributed by atoms with Gasteiger partial charge in [-0.25, -0.2) is 0 Å². The Morgan fingerprint density at radius 3 is 2.47 bits per heavy atom. The second kappa shape index (κ2) is 7.44. The topological polar surface area (TPSA) is 29.6 Å². The van der Waals surface area contributed by atoms with Gasteiger partial charge in [0, 0.05) is 5.56 Å². The number of epoxide rings is 1. The zero-order chi connectivity index (χ0) is 13.5. The van der Waals surface area contributed by atoms with Gasteiger partial charge in [-0.15, -0.1) is 0 Å². The molecule has 0 N–H and O–H groups in total. The first-order valence-corrected chi connectivity index (χ1v) is 7.57. The van der Waals surface area contributed by atoms with Crippen LogP contribution in [0.1, 0.15) is 62.2 Å². The highest BCUT2D eigenvalue weighted by molar-refractivity contribution is 6.01. The summed E-state index contributed by atoms with van der Waals surface area (Å²) in [5, 5.41) is 0. The van der Waals surface area contributed by atoms with Crippen LogP contribution in [0.5, 0.6) is 0 Å². The Morgan fingerprint density at radius 1 is 1.05 bits per heavy atom. The molecule has 2 atom stereocenters. The molecular weight excluding hydrogens is 236 g/mol. The van der Waals surface area contributed by atoms with Crippen LogP contribution in [-0.4, -0.2) is 18.0 Å². The van der Waals surface area contributed by atoms with Crippen molar-refractivity contribution in [2.45, 2.75) is 64.1 Å². The number of hydrogen-bond donors (Lipinski definition) is 0. The van der Waals surface area contributed by atoms with Crippen LogP contribution in [0.4, 0.5) is 0 Å². The molecule has 104 valence electrons.